The standard InChI is InChI=1S/C5H4N3OS/c1-2-10-5(6-1)8-4-9-3-7-8/h1-2H,4H2. The van der Waals surface area contributed by atoms with E-state index in [9.17, 15) is 0 Å². The minimum absolute atomic E-state index is 0.424. The van der Waals surface area contributed by atoms with Crippen molar-refractivity contribution in [3.05, 3.63) is 11.6 Å². The maximum absolute atomic E-state index is 4.76. The van der Waals surface area contributed by atoms with E-state index in [1.165, 1.54) is 11.3 Å². The van der Waals surface area contributed by atoms with Gasteiger partial charge in [-0.1, -0.05) is 0 Å². The van der Waals surface area contributed by atoms with Gasteiger partial charge in [-0.15, -0.1) is 16.4 Å². The van der Waals surface area contributed by atoms with Crippen LogP contribution in [0.25, 0.3) is 0 Å². The first kappa shape index (κ1) is 5.67. The lowest BCUT2D eigenvalue weighted by atomic mass is 10.9. The number of aromatic nitrogens is 1. The summed E-state index contributed by atoms with van der Waals surface area (Å²) in [6, 6.07) is 0. The number of ether oxygens (including phenoxy) is 1. The van der Waals surface area contributed by atoms with Gasteiger partial charge < -0.3 is 4.74 Å². The van der Waals surface area contributed by atoms with Gasteiger partial charge in [-0.25, -0.2) is 4.98 Å². The second-order valence-corrected chi connectivity index (χ2v) is 2.55. The molecule has 10 heavy (non-hydrogen) atoms. The summed E-state index contributed by atoms with van der Waals surface area (Å²) in [7, 11) is 0. The predicted octanol–water partition coefficient (Wildman–Crippen LogP) is 0.757. The van der Waals surface area contributed by atoms with Crippen LogP contribution in [0, 0.1) is 0 Å². The smallest absolute Gasteiger partial charge is 0.298 e. The van der Waals surface area contributed by atoms with Gasteiger partial charge in [0.15, 0.2) is 6.73 Å². The van der Waals surface area contributed by atoms with Gasteiger partial charge in [0.25, 0.3) is 6.40 Å². The Labute approximate surface area is 61.8 Å². The fourth-order valence-corrected chi connectivity index (χ4v) is 1.22. The summed E-state index contributed by atoms with van der Waals surface area (Å²) in [4.78, 5) is 4.03. The molecular formula is C5H4N3OS. The van der Waals surface area contributed by atoms with Crippen molar-refractivity contribution in [1.82, 2.24) is 4.98 Å². The van der Waals surface area contributed by atoms with E-state index in [1.54, 1.807) is 11.2 Å². The van der Waals surface area contributed by atoms with Crippen LogP contribution in [0.5, 0.6) is 0 Å². The van der Waals surface area contributed by atoms with Crippen molar-refractivity contribution in [3.63, 3.8) is 0 Å². The first-order valence-corrected chi connectivity index (χ1v) is 3.59. The molecule has 2 rings (SSSR count). The van der Waals surface area contributed by atoms with Crippen LogP contribution in [0.2, 0.25) is 0 Å². The van der Waals surface area contributed by atoms with Gasteiger partial charge in [-0.2, -0.15) is 5.01 Å². The summed E-state index contributed by atoms with van der Waals surface area (Å²) in [5.41, 5.74) is 0. The molecule has 4 nitrogen and oxygen atoms in total. The molecule has 2 heterocycles. The van der Waals surface area contributed by atoms with Gasteiger partial charge >= 0.3 is 0 Å². The van der Waals surface area contributed by atoms with Crippen LogP contribution in [0.15, 0.2) is 16.7 Å². The summed E-state index contributed by atoms with van der Waals surface area (Å²) >= 11 is 1.52. The molecule has 5 heteroatoms. The van der Waals surface area contributed by atoms with E-state index in [1.807, 2.05) is 5.38 Å². The topological polar surface area (TPSA) is 37.7 Å². The van der Waals surface area contributed by atoms with E-state index in [0.717, 1.165) is 5.13 Å². The van der Waals surface area contributed by atoms with Crippen molar-refractivity contribution in [2.24, 2.45) is 5.10 Å². The molecule has 1 aromatic rings. The number of hydrogen-bond acceptors (Lipinski definition) is 5. The van der Waals surface area contributed by atoms with Crippen molar-refractivity contribution in [2.45, 2.75) is 0 Å². The van der Waals surface area contributed by atoms with Gasteiger partial charge in [0.05, 0.1) is 0 Å². The quantitative estimate of drug-likeness (QED) is 0.599. The average molecular weight is 154 g/mol. The Bertz CT molecular complexity index is 233. The number of hydrazone groups is 1. The van der Waals surface area contributed by atoms with Crippen LogP contribution in [-0.4, -0.2) is 18.1 Å². The summed E-state index contributed by atoms with van der Waals surface area (Å²) in [5.74, 6) is 0. The number of rotatable bonds is 1. The second kappa shape index (κ2) is 2.26. The Balaban J connectivity index is 2.20. The van der Waals surface area contributed by atoms with Crippen LogP contribution in [-0.2, 0) is 4.74 Å². The van der Waals surface area contributed by atoms with Crippen LogP contribution >= 0.6 is 11.3 Å². The molecular weight excluding hydrogens is 150 g/mol. The van der Waals surface area contributed by atoms with E-state index in [-0.39, 0.29) is 0 Å². The highest BCUT2D eigenvalue weighted by molar-refractivity contribution is 7.13. The van der Waals surface area contributed by atoms with E-state index >= 15 is 0 Å². The number of thiazole rings is 1. The van der Waals surface area contributed by atoms with E-state index in [4.69, 9.17) is 4.74 Å². The summed E-state index contributed by atoms with van der Waals surface area (Å²) < 4.78 is 4.76. The molecule has 0 N–H and O–H groups in total. The van der Waals surface area contributed by atoms with Crippen LogP contribution < -0.4 is 5.01 Å². The molecule has 0 fully saturated rings. The Morgan fingerprint density at radius 1 is 1.80 bits per heavy atom. The van der Waals surface area contributed by atoms with Crippen LogP contribution in [0.1, 0.15) is 0 Å². The van der Waals surface area contributed by atoms with E-state index < -0.39 is 0 Å². The Morgan fingerprint density at radius 3 is 3.40 bits per heavy atom. The third-order valence-corrected chi connectivity index (χ3v) is 1.84. The zero-order valence-corrected chi connectivity index (χ0v) is 5.84. The van der Waals surface area contributed by atoms with Crippen molar-refractivity contribution in [3.8, 4) is 0 Å². The SMILES string of the molecule is [C]1=NN(c2nccs2)CO1. The lowest BCUT2D eigenvalue weighted by Crippen LogP contribution is -2.11. The monoisotopic (exact) mass is 154 g/mol. The molecule has 0 spiro atoms. The lowest BCUT2D eigenvalue weighted by molar-refractivity contribution is 0.350. The van der Waals surface area contributed by atoms with E-state index in [0.29, 0.717) is 6.73 Å². The highest BCUT2D eigenvalue weighted by atomic mass is 32.1. The van der Waals surface area contributed by atoms with Crippen LogP contribution in [0.3, 0.4) is 0 Å². The second-order valence-electron chi connectivity index (χ2n) is 1.68. The van der Waals surface area contributed by atoms with Gasteiger partial charge in [-0.05, 0) is 0 Å². The number of hydrogen-bond donors (Lipinski definition) is 0. The molecule has 0 aromatic carbocycles. The molecule has 0 saturated heterocycles. The maximum atomic E-state index is 4.76. The van der Waals surface area contributed by atoms with Gasteiger partial charge in [-0.3, -0.25) is 0 Å². The fourth-order valence-electron chi connectivity index (χ4n) is 0.638. The molecule has 1 radical (unpaired) electrons. The molecule has 0 amide bonds. The van der Waals surface area contributed by atoms with Crippen molar-refractivity contribution < 1.29 is 4.74 Å². The molecule has 1 aliphatic heterocycles. The van der Waals surface area contributed by atoms with Crippen molar-refractivity contribution >= 4 is 22.9 Å². The first-order chi connectivity index (χ1) is 4.97. The fraction of sp³-hybridized carbons (Fsp3) is 0.200. The first-order valence-electron chi connectivity index (χ1n) is 2.71. The molecule has 1 aromatic heterocycles. The summed E-state index contributed by atoms with van der Waals surface area (Å²) in [6.45, 7) is 0.424. The van der Waals surface area contributed by atoms with Gasteiger partial charge in [0.1, 0.15) is 0 Å². The van der Waals surface area contributed by atoms with Crippen molar-refractivity contribution in [1.29, 1.82) is 0 Å². The molecule has 0 unspecified atom stereocenters. The molecule has 51 valence electrons. The number of anilines is 1. The highest BCUT2D eigenvalue weighted by Crippen LogP contribution is 2.18. The molecule has 1 aliphatic rings. The Kier molecular flexibility index (Phi) is 1.28. The molecule has 0 saturated carbocycles. The van der Waals surface area contributed by atoms with Gasteiger partial charge in [0.2, 0.25) is 5.13 Å². The molecule has 0 aliphatic carbocycles. The summed E-state index contributed by atoms with van der Waals surface area (Å²) in [6.07, 6.45) is 4.11. The minimum Gasteiger partial charge on any atom is -0.449 e. The number of nitrogens with zero attached hydrogens (tertiary/aromatic N) is 3. The van der Waals surface area contributed by atoms with E-state index in [2.05, 4.69) is 16.5 Å². The lowest BCUT2D eigenvalue weighted by Gasteiger charge is -2.04. The normalized spacial score (nSPS) is 15.8. The Morgan fingerprint density at radius 2 is 2.80 bits per heavy atom. The highest BCUT2D eigenvalue weighted by Gasteiger charge is 2.11. The van der Waals surface area contributed by atoms with Crippen molar-refractivity contribution in [2.75, 3.05) is 11.7 Å². The third-order valence-electron chi connectivity index (χ3n) is 1.05. The largest absolute Gasteiger partial charge is 0.449 e. The van der Waals surface area contributed by atoms with Gasteiger partial charge in [0, 0.05) is 11.6 Å². The maximum Gasteiger partial charge on any atom is 0.298 e. The summed E-state index contributed by atoms with van der Waals surface area (Å²) in [5, 5.41) is 8.16. The zero-order valence-electron chi connectivity index (χ0n) is 5.02. The molecule has 0 bridgehead atoms. The van der Waals surface area contributed by atoms with Crippen LogP contribution in [0.4, 0.5) is 5.13 Å². The zero-order chi connectivity index (χ0) is 6.81. The predicted molar refractivity (Wildman–Crippen MR) is 38.0 cm³/mol. The Hall–Kier alpha value is -1.10. The average Bonchev–Trinajstić information content (AvgIpc) is 2.59. The molecule has 0 atom stereocenters. The third kappa shape index (κ3) is 0.841. The minimum atomic E-state index is 0.424.